The number of nitrogens with zero attached hydrogens (tertiary/aromatic N) is 1. The fourth-order valence-corrected chi connectivity index (χ4v) is 2.81. The Hall–Kier alpha value is -2.53. The Balaban J connectivity index is 1.52. The van der Waals surface area contributed by atoms with Crippen molar-refractivity contribution in [1.29, 1.82) is 0 Å². The van der Waals surface area contributed by atoms with Crippen molar-refractivity contribution in [3.63, 3.8) is 0 Å². The quantitative estimate of drug-likeness (QED) is 0.805. The van der Waals surface area contributed by atoms with E-state index in [0.717, 1.165) is 29.7 Å². The van der Waals surface area contributed by atoms with Crippen LogP contribution in [0.3, 0.4) is 0 Å². The van der Waals surface area contributed by atoms with Gasteiger partial charge in [0.15, 0.2) is 0 Å². The summed E-state index contributed by atoms with van der Waals surface area (Å²) in [7, 11) is 1.73. The molecule has 1 fully saturated rings. The number of rotatable bonds is 6. The second-order valence-corrected chi connectivity index (χ2v) is 6.98. The fourth-order valence-electron chi connectivity index (χ4n) is 2.62. The van der Waals surface area contributed by atoms with Crippen LogP contribution in [0.1, 0.15) is 24.0 Å². The molecule has 0 radical (unpaired) electrons. The highest BCUT2D eigenvalue weighted by Gasteiger charge is 2.29. The number of benzene rings is 2. The zero-order valence-corrected chi connectivity index (χ0v) is 15.4. The number of urea groups is 1. The molecule has 0 heterocycles. The Bertz CT molecular complexity index is 805. The molecule has 3 rings (SSSR count). The molecule has 2 aromatic carbocycles. The van der Waals surface area contributed by atoms with Crippen LogP contribution in [-0.4, -0.2) is 23.9 Å². The van der Waals surface area contributed by atoms with Crippen LogP contribution in [0.4, 0.5) is 10.5 Å². The summed E-state index contributed by atoms with van der Waals surface area (Å²) < 4.78 is 0. The van der Waals surface area contributed by atoms with Gasteiger partial charge in [0.2, 0.25) is 5.91 Å². The van der Waals surface area contributed by atoms with Gasteiger partial charge in [0.25, 0.3) is 0 Å². The summed E-state index contributed by atoms with van der Waals surface area (Å²) in [5.41, 5.74) is 2.59. The van der Waals surface area contributed by atoms with Gasteiger partial charge < -0.3 is 15.5 Å². The minimum absolute atomic E-state index is 0.0747. The van der Waals surface area contributed by atoms with E-state index in [1.54, 1.807) is 11.9 Å². The predicted molar refractivity (Wildman–Crippen MR) is 103 cm³/mol. The van der Waals surface area contributed by atoms with Crippen LogP contribution in [0.15, 0.2) is 48.5 Å². The molecule has 0 saturated heterocycles. The van der Waals surface area contributed by atoms with Crippen molar-refractivity contribution in [3.05, 3.63) is 64.7 Å². The van der Waals surface area contributed by atoms with E-state index in [9.17, 15) is 9.59 Å². The van der Waals surface area contributed by atoms with Crippen LogP contribution in [-0.2, 0) is 17.9 Å². The van der Waals surface area contributed by atoms with Crippen molar-refractivity contribution in [2.24, 2.45) is 5.92 Å². The van der Waals surface area contributed by atoms with Crippen molar-refractivity contribution >= 4 is 29.2 Å². The summed E-state index contributed by atoms with van der Waals surface area (Å²) in [5.74, 6) is 0.238. The topological polar surface area (TPSA) is 61.4 Å². The predicted octanol–water partition coefficient (Wildman–Crippen LogP) is 4.03. The Morgan fingerprint density at radius 1 is 1.15 bits per heavy atom. The second-order valence-electron chi connectivity index (χ2n) is 6.57. The summed E-state index contributed by atoms with van der Waals surface area (Å²) in [6, 6.07) is 14.8. The number of hydrogen-bond acceptors (Lipinski definition) is 2. The minimum Gasteiger partial charge on any atom is -0.334 e. The van der Waals surface area contributed by atoms with E-state index in [4.69, 9.17) is 11.6 Å². The Morgan fingerprint density at radius 3 is 2.65 bits per heavy atom. The third-order valence-corrected chi connectivity index (χ3v) is 4.67. The summed E-state index contributed by atoms with van der Waals surface area (Å²) in [5, 5.41) is 6.45. The van der Waals surface area contributed by atoms with Gasteiger partial charge >= 0.3 is 6.03 Å². The summed E-state index contributed by atoms with van der Waals surface area (Å²) in [6.07, 6.45) is 1.94. The third-order valence-electron chi connectivity index (χ3n) is 4.30. The van der Waals surface area contributed by atoms with Gasteiger partial charge in [-0.2, -0.15) is 0 Å². The number of halogens is 1. The van der Waals surface area contributed by atoms with Crippen LogP contribution in [0.5, 0.6) is 0 Å². The maximum Gasteiger partial charge on any atom is 0.317 e. The third kappa shape index (κ3) is 4.99. The largest absolute Gasteiger partial charge is 0.334 e. The van der Waals surface area contributed by atoms with Gasteiger partial charge in [-0.3, -0.25) is 4.79 Å². The van der Waals surface area contributed by atoms with E-state index < -0.39 is 0 Å². The molecule has 0 unspecified atom stereocenters. The van der Waals surface area contributed by atoms with Gasteiger partial charge in [0.05, 0.1) is 0 Å². The molecule has 1 aliphatic rings. The first-order chi connectivity index (χ1) is 12.5. The van der Waals surface area contributed by atoms with Gasteiger partial charge in [-0.05, 0) is 42.2 Å². The highest BCUT2D eigenvalue weighted by Crippen LogP contribution is 2.30. The molecule has 0 aliphatic heterocycles. The van der Waals surface area contributed by atoms with E-state index >= 15 is 0 Å². The van der Waals surface area contributed by atoms with E-state index in [1.165, 1.54) is 0 Å². The maximum atomic E-state index is 12.3. The van der Waals surface area contributed by atoms with E-state index in [-0.39, 0.29) is 17.9 Å². The lowest BCUT2D eigenvalue weighted by molar-refractivity contribution is -0.117. The molecule has 26 heavy (non-hydrogen) atoms. The maximum absolute atomic E-state index is 12.3. The zero-order valence-electron chi connectivity index (χ0n) is 14.7. The molecule has 5 nitrogen and oxygen atoms in total. The van der Waals surface area contributed by atoms with Crippen LogP contribution in [0, 0.1) is 5.92 Å². The Kier molecular flexibility index (Phi) is 5.78. The molecule has 2 N–H and O–H groups in total. The molecule has 2 aromatic rings. The summed E-state index contributed by atoms with van der Waals surface area (Å²) in [6.45, 7) is 0.821. The highest BCUT2D eigenvalue weighted by atomic mass is 35.5. The van der Waals surface area contributed by atoms with Crippen LogP contribution >= 0.6 is 11.6 Å². The average Bonchev–Trinajstić information content (AvgIpc) is 3.47. The van der Waals surface area contributed by atoms with Gasteiger partial charge in [0.1, 0.15) is 0 Å². The number of anilines is 1. The molecule has 1 saturated carbocycles. The molecule has 0 spiro atoms. The molecule has 6 heteroatoms. The number of hydrogen-bond donors (Lipinski definition) is 2. The SMILES string of the molecule is CN(Cc1ccccc1Cl)C(=O)NCc1cccc(NC(=O)C2CC2)c1. The monoisotopic (exact) mass is 371 g/mol. The number of carbonyl (C=O) groups is 2. The molecule has 1 aliphatic carbocycles. The first-order valence-electron chi connectivity index (χ1n) is 8.65. The van der Waals surface area contributed by atoms with Crippen LogP contribution in [0.2, 0.25) is 5.02 Å². The van der Waals surface area contributed by atoms with Gasteiger partial charge in [-0.1, -0.05) is 41.9 Å². The van der Waals surface area contributed by atoms with Crippen molar-refractivity contribution < 1.29 is 9.59 Å². The van der Waals surface area contributed by atoms with Crippen LogP contribution < -0.4 is 10.6 Å². The van der Waals surface area contributed by atoms with E-state index in [1.807, 2.05) is 48.5 Å². The molecule has 0 aromatic heterocycles. The minimum atomic E-state index is -0.183. The van der Waals surface area contributed by atoms with Gasteiger partial charge in [0, 0.05) is 36.8 Å². The smallest absolute Gasteiger partial charge is 0.317 e. The van der Waals surface area contributed by atoms with Gasteiger partial charge in [-0.15, -0.1) is 0 Å². The Labute approximate surface area is 158 Å². The first-order valence-corrected chi connectivity index (χ1v) is 9.03. The number of carbonyl (C=O) groups excluding carboxylic acids is 2. The van der Waals surface area contributed by atoms with Gasteiger partial charge in [-0.25, -0.2) is 4.79 Å². The van der Waals surface area contributed by atoms with Crippen LogP contribution in [0.25, 0.3) is 0 Å². The average molecular weight is 372 g/mol. The Morgan fingerprint density at radius 2 is 1.92 bits per heavy atom. The fraction of sp³-hybridized carbons (Fsp3) is 0.300. The standard InChI is InChI=1S/C20H22ClN3O2/c1-24(13-16-6-2-3-8-18(16)21)20(26)22-12-14-5-4-7-17(11-14)23-19(25)15-9-10-15/h2-8,11,15H,9-10,12-13H2,1H3,(H,22,26)(H,23,25). The van der Waals surface area contributed by atoms with E-state index in [0.29, 0.717) is 18.1 Å². The first kappa shape index (κ1) is 18.3. The lowest BCUT2D eigenvalue weighted by atomic mass is 10.2. The number of nitrogens with one attached hydrogen (secondary N) is 2. The summed E-state index contributed by atoms with van der Waals surface area (Å²) in [4.78, 5) is 25.7. The molecule has 3 amide bonds. The molecule has 0 atom stereocenters. The summed E-state index contributed by atoms with van der Waals surface area (Å²) >= 11 is 6.14. The highest BCUT2D eigenvalue weighted by molar-refractivity contribution is 6.31. The van der Waals surface area contributed by atoms with E-state index in [2.05, 4.69) is 10.6 Å². The van der Waals surface area contributed by atoms with Crippen molar-refractivity contribution in [2.45, 2.75) is 25.9 Å². The molecule has 136 valence electrons. The number of amides is 3. The molecular weight excluding hydrogens is 350 g/mol. The van der Waals surface area contributed by atoms with Crippen molar-refractivity contribution in [3.8, 4) is 0 Å². The second kappa shape index (κ2) is 8.23. The zero-order chi connectivity index (χ0) is 18.5. The molecule has 0 bridgehead atoms. The van der Waals surface area contributed by atoms with Crippen molar-refractivity contribution in [1.82, 2.24) is 10.2 Å². The lowest BCUT2D eigenvalue weighted by Gasteiger charge is -2.19. The normalized spacial score (nSPS) is 13.2. The molecular formula is C20H22ClN3O2. The lowest BCUT2D eigenvalue weighted by Crippen LogP contribution is -2.36. The van der Waals surface area contributed by atoms with Crippen molar-refractivity contribution in [2.75, 3.05) is 12.4 Å².